The lowest BCUT2D eigenvalue weighted by molar-refractivity contribution is 0.0726. The van der Waals surface area contributed by atoms with Gasteiger partial charge in [0.2, 0.25) is 0 Å². The number of piperidine rings is 3. The van der Waals surface area contributed by atoms with Gasteiger partial charge >= 0.3 is 6.09 Å². The number of hydrogen-bond donors (Lipinski definition) is 1. The Labute approximate surface area is 118 Å². The summed E-state index contributed by atoms with van der Waals surface area (Å²) in [4.78, 5) is 14.2. The maximum absolute atomic E-state index is 11.8. The Bertz CT molecular complexity index is 443. The molecule has 0 spiro atoms. The van der Waals surface area contributed by atoms with Crippen molar-refractivity contribution in [2.75, 3.05) is 19.6 Å². The molecule has 0 aliphatic carbocycles. The number of ether oxygens (including phenoxy) is 1. The molecule has 1 amide bonds. The minimum absolute atomic E-state index is 0.253. The predicted molar refractivity (Wildman–Crippen MR) is 74.1 cm³/mol. The van der Waals surface area contributed by atoms with Crippen LogP contribution in [-0.2, 0) is 0 Å². The van der Waals surface area contributed by atoms with Crippen molar-refractivity contribution in [2.24, 2.45) is 5.92 Å². The highest BCUT2D eigenvalue weighted by Crippen LogP contribution is 2.30. The van der Waals surface area contributed by atoms with Crippen molar-refractivity contribution < 1.29 is 9.53 Å². The van der Waals surface area contributed by atoms with Crippen LogP contribution in [0.2, 0.25) is 0 Å². The Kier molecular flexibility index (Phi) is 3.59. The second-order valence-electron chi connectivity index (χ2n) is 4.84. The van der Waals surface area contributed by atoms with Gasteiger partial charge in [-0.05, 0) is 59.9 Å². The molecule has 4 rings (SSSR count). The number of halogens is 1. The van der Waals surface area contributed by atoms with E-state index in [0.29, 0.717) is 11.0 Å². The average molecular weight is 331 g/mol. The monoisotopic (exact) mass is 330 g/mol. The van der Waals surface area contributed by atoms with E-state index in [0.717, 1.165) is 10.3 Å². The van der Waals surface area contributed by atoms with Crippen LogP contribution < -0.4 is 10.1 Å². The number of carbonyl (C=O) groups excluding carboxylic acids is 1. The molecule has 18 heavy (non-hydrogen) atoms. The molecule has 3 saturated heterocycles. The summed E-state index contributed by atoms with van der Waals surface area (Å²) in [7, 11) is 0. The average Bonchev–Trinajstić information content (AvgIpc) is 2.76. The van der Waals surface area contributed by atoms with Crippen LogP contribution in [0.4, 0.5) is 4.79 Å². The molecule has 98 valence electrons. The molecule has 6 heteroatoms. The third-order valence-corrected chi connectivity index (χ3v) is 5.20. The SMILES string of the molecule is O=C(N[C@@H]1CN2CCC1CC2)Oc1ccc(Br)s1. The van der Waals surface area contributed by atoms with Gasteiger partial charge in [0.25, 0.3) is 0 Å². The third kappa shape index (κ3) is 2.70. The summed E-state index contributed by atoms with van der Waals surface area (Å²) < 4.78 is 6.23. The molecular weight excluding hydrogens is 316 g/mol. The van der Waals surface area contributed by atoms with Gasteiger partial charge in [-0.15, -0.1) is 0 Å². The zero-order valence-corrected chi connectivity index (χ0v) is 12.3. The molecule has 0 radical (unpaired) electrons. The number of rotatable bonds is 2. The van der Waals surface area contributed by atoms with Gasteiger partial charge in [0.1, 0.15) is 0 Å². The summed E-state index contributed by atoms with van der Waals surface area (Å²) in [6.07, 6.45) is 2.05. The summed E-state index contributed by atoms with van der Waals surface area (Å²) in [5.41, 5.74) is 0. The molecule has 1 N–H and O–H groups in total. The van der Waals surface area contributed by atoms with E-state index in [2.05, 4.69) is 26.1 Å². The first kappa shape index (κ1) is 12.4. The Hall–Kier alpha value is -0.590. The highest BCUT2D eigenvalue weighted by molar-refractivity contribution is 9.11. The smallest absolute Gasteiger partial charge is 0.399 e. The van der Waals surface area contributed by atoms with E-state index in [-0.39, 0.29) is 12.1 Å². The summed E-state index contributed by atoms with van der Waals surface area (Å²) in [6.45, 7) is 3.32. The number of amides is 1. The van der Waals surface area contributed by atoms with Gasteiger partial charge in [0.15, 0.2) is 5.06 Å². The first-order valence-electron chi connectivity index (χ1n) is 6.17. The van der Waals surface area contributed by atoms with Crippen LogP contribution in [0.1, 0.15) is 12.8 Å². The maximum atomic E-state index is 11.8. The van der Waals surface area contributed by atoms with Gasteiger partial charge in [0.05, 0.1) is 3.79 Å². The molecule has 1 aromatic heterocycles. The summed E-state index contributed by atoms with van der Waals surface area (Å²) >= 11 is 4.76. The lowest BCUT2D eigenvalue weighted by atomic mass is 9.84. The fourth-order valence-electron chi connectivity index (χ4n) is 2.75. The van der Waals surface area contributed by atoms with Gasteiger partial charge < -0.3 is 15.0 Å². The molecule has 0 unspecified atom stereocenters. The van der Waals surface area contributed by atoms with E-state index in [4.69, 9.17) is 4.74 Å². The predicted octanol–water partition coefficient (Wildman–Crippen LogP) is 2.69. The highest BCUT2D eigenvalue weighted by Gasteiger charge is 2.35. The number of nitrogens with one attached hydrogen (secondary N) is 1. The normalized spacial score (nSPS) is 30.2. The van der Waals surface area contributed by atoms with E-state index in [1.807, 2.05) is 6.07 Å². The van der Waals surface area contributed by atoms with E-state index < -0.39 is 0 Å². The lowest BCUT2D eigenvalue weighted by Crippen LogP contribution is -2.57. The fourth-order valence-corrected chi connectivity index (χ4v) is 3.95. The van der Waals surface area contributed by atoms with Crippen LogP contribution in [0.3, 0.4) is 0 Å². The summed E-state index contributed by atoms with van der Waals surface area (Å²) in [5, 5.41) is 3.62. The molecular formula is C12H15BrN2O2S. The Morgan fingerprint density at radius 3 is 2.78 bits per heavy atom. The van der Waals surface area contributed by atoms with Crippen LogP contribution in [0, 0.1) is 5.92 Å². The summed E-state index contributed by atoms with van der Waals surface area (Å²) in [5.74, 6) is 0.623. The summed E-state index contributed by atoms with van der Waals surface area (Å²) in [6, 6.07) is 3.93. The van der Waals surface area contributed by atoms with E-state index in [1.165, 1.54) is 37.3 Å². The fraction of sp³-hybridized carbons (Fsp3) is 0.583. The molecule has 0 saturated carbocycles. The number of nitrogens with zero attached hydrogens (tertiary/aromatic N) is 1. The second kappa shape index (κ2) is 5.19. The van der Waals surface area contributed by atoms with E-state index >= 15 is 0 Å². The zero-order valence-electron chi connectivity index (χ0n) is 9.89. The second-order valence-corrected chi connectivity index (χ2v) is 7.26. The van der Waals surface area contributed by atoms with Gasteiger partial charge in [-0.3, -0.25) is 0 Å². The molecule has 3 aliphatic rings. The minimum atomic E-state index is -0.330. The lowest BCUT2D eigenvalue weighted by Gasteiger charge is -2.44. The quantitative estimate of drug-likeness (QED) is 0.906. The van der Waals surface area contributed by atoms with Crippen molar-refractivity contribution in [3.63, 3.8) is 0 Å². The molecule has 3 aliphatic heterocycles. The molecule has 3 fully saturated rings. The van der Waals surface area contributed by atoms with Crippen molar-refractivity contribution in [3.05, 3.63) is 15.9 Å². The zero-order chi connectivity index (χ0) is 12.5. The van der Waals surface area contributed by atoms with Gasteiger partial charge in [-0.25, -0.2) is 4.79 Å². The standard InChI is InChI=1S/C12H15BrN2O2S/c13-10-1-2-11(18-10)17-12(16)14-9-7-15-5-3-8(9)4-6-15/h1-2,8-9H,3-7H2,(H,14,16)/t9-/m1/s1. The third-order valence-electron chi connectivity index (χ3n) is 3.70. The molecule has 1 atom stereocenters. The molecule has 4 nitrogen and oxygen atoms in total. The first-order chi connectivity index (χ1) is 8.70. The Morgan fingerprint density at radius 1 is 1.44 bits per heavy atom. The van der Waals surface area contributed by atoms with Crippen LogP contribution in [0.25, 0.3) is 0 Å². The van der Waals surface area contributed by atoms with Crippen molar-refractivity contribution >= 4 is 33.4 Å². The van der Waals surface area contributed by atoms with Crippen LogP contribution in [0.15, 0.2) is 15.9 Å². The van der Waals surface area contributed by atoms with Gasteiger partial charge in [-0.2, -0.15) is 0 Å². The number of fused-ring (bicyclic) bond motifs is 3. The Balaban J connectivity index is 1.55. The molecule has 1 aromatic rings. The number of hydrogen-bond acceptors (Lipinski definition) is 4. The molecule has 0 aromatic carbocycles. The van der Waals surface area contributed by atoms with Crippen LogP contribution >= 0.6 is 27.3 Å². The Morgan fingerprint density at radius 2 is 2.22 bits per heavy atom. The van der Waals surface area contributed by atoms with Crippen LogP contribution in [-0.4, -0.2) is 36.7 Å². The van der Waals surface area contributed by atoms with E-state index in [1.54, 1.807) is 6.07 Å². The van der Waals surface area contributed by atoms with Crippen molar-refractivity contribution in [3.8, 4) is 5.06 Å². The van der Waals surface area contributed by atoms with E-state index in [9.17, 15) is 4.79 Å². The number of thiophene rings is 1. The van der Waals surface area contributed by atoms with Crippen LogP contribution in [0.5, 0.6) is 5.06 Å². The van der Waals surface area contributed by atoms with Crippen molar-refractivity contribution in [1.29, 1.82) is 0 Å². The molecule has 4 heterocycles. The van der Waals surface area contributed by atoms with Crippen molar-refractivity contribution in [2.45, 2.75) is 18.9 Å². The van der Waals surface area contributed by atoms with Crippen molar-refractivity contribution in [1.82, 2.24) is 10.2 Å². The topological polar surface area (TPSA) is 41.6 Å². The highest BCUT2D eigenvalue weighted by atomic mass is 79.9. The van der Waals surface area contributed by atoms with Gasteiger partial charge in [0, 0.05) is 12.6 Å². The maximum Gasteiger partial charge on any atom is 0.413 e. The molecule has 2 bridgehead atoms. The minimum Gasteiger partial charge on any atom is -0.399 e. The number of carbonyl (C=O) groups is 1. The first-order valence-corrected chi connectivity index (χ1v) is 7.78. The van der Waals surface area contributed by atoms with Gasteiger partial charge in [-0.1, -0.05) is 11.3 Å². The largest absolute Gasteiger partial charge is 0.413 e.